The molecule has 4 fully saturated rings. The molecule has 0 aliphatic heterocycles. The van der Waals surface area contributed by atoms with Crippen LogP contribution in [0.4, 0.5) is 0 Å². The maximum atomic E-state index is 14.3. The number of fused-ring (bicyclic) bond motifs is 7. The van der Waals surface area contributed by atoms with Gasteiger partial charge in [-0.15, -0.1) is 0 Å². The Balaban J connectivity index is 1.23. The maximum Gasteiger partial charge on any atom is 0.338 e. The Labute approximate surface area is 331 Å². The van der Waals surface area contributed by atoms with Gasteiger partial charge in [0.25, 0.3) is 0 Å². The second-order valence-electron chi connectivity index (χ2n) is 20.8. The molecule has 8 heteroatoms. The largest absolute Gasteiger partial charge is 0.460 e. The minimum atomic E-state index is -0.531. The van der Waals surface area contributed by atoms with Crippen LogP contribution in [0.15, 0.2) is 35.9 Å². The van der Waals surface area contributed by atoms with Crippen LogP contribution in [0.1, 0.15) is 147 Å². The number of ketones is 1. The van der Waals surface area contributed by atoms with Crippen LogP contribution in [-0.2, 0) is 14.3 Å². The van der Waals surface area contributed by atoms with Gasteiger partial charge in [-0.1, -0.05) is 78.3 Å². The van der Waals surface area contributed by atoms with E-state index in [4.69, 9.17) is 4.74 Å². The van der Waals surface area contributed by atoms with Gasteiger partial charge in [0.2, 0.25) is 11.8 Å². The topological polar surface area (TPSA) is 105 Å². The van der Waals surface area contributed by atoms with Gasteiger partial charge >= 0.3 is 5.97 Å². The number of allylic oxidation sites excluding steroid dienone is 2. The van der Waals surface area contributed by atoms with Crippen LogP contribution in [0, 0.1) is 56.2 Å². The van der Waals surface area contributed by atoms with Crippen molar-refractivity contribution in [2.45, 2.75) is 126 Å². The van der Waals surface area contributed by atoms with Gasteiger partial charge in [0, 0.05) is 32.0 Å². The third kappa shape index (κ3) is 7.25. The standard InChI is InChI=1S/C47H71N3O5/c1-31(51)48-26-28-55-40(53)34-14-12-11-13-33(34)37(52)29-32-17-19-44(6)38(43(32,4)5)18-20-46(8)39(44)16-15-35-36-30-42(2,3)21-23-47(36,24-22-45(35,46)7)41(54)49-25-27-50(9)10/h11-15,32,36,38-39H,16-30H2,1-10H3,(H,48,51)(H,49,54)/t32-,36+,38?,39?,44+,45-,46-,47+/m1/s1. The molecule has 0 heterocycles. The summed E-state index contributed by atoms with van der Waals surface area (Å²) in [7, 11) is 4.13. The molecule has 4 saturated carbocycles. The Bertz CT molecular complexity index is 1700. The summed E-state index contributed by atoms with van der Waals surface area (Å²) in [4.78, 5) is 54.8. The van der Waals surface area contributed by atoms with E-state index in [9.17, 15) is 19.2 Å². The van der Waals surface area contributed by atoms with Gasteiger partial charge in [-0.05, 0) is 135 Å². The molecule has 2 N–H and O–H groups in total. The average molecular weight is 758 g/mol. The van der Waals surface area contributed by atoms with Gasteiger partial charge in [0.1, 0.15) is 6.61 Å². The highest BCUT2D eigenvalue weighted by Gasteiger charge is 2.69. The van der Waals surface area contributed by atoms with Crippen LogP contribution >= 0.6 is 0 Å². The van der Waals surface area contributed by atoms with E-state index in [0.717, 1.165) is 64.3 Å². The average Bonchev–Trinajstić information content (AvgIpc) is 3.11. The van der Waals surface area contributed by atoms with Crippen molar-refractivity contribution in [2.24, 2.45) is 56.2 Å². The van der Waals surface area contributed by atoms with Gasteiger partial charge < -0.3 is 20.3 Å². The van der Waals surface area contributed by atoms with Crippen molar-refractivity contribution in [3.8, 4) is 0 Å². The van der Waals surface area contributed by atoms with E-state index in [0.29, 0.717) is 35.9 Å². The number of carbonyl (C=O) groups is 4. The quantitative estimate of drug-likeness (QED) is 0.101. The molecule has 6 rings (SSSR count). The minimum Gasteiger partial charge on any atom is -0.460 e. The van der Waals surface area contributed by atoms with Gasteiger partial charge in [-0.3, -0.25) is 14.4 Å². The summed E-state index contributed by atoms with van der Waals surface area (Å²) in [5.74, 6) is 1.09. The lowest BCUT2D eigenvalue weighted by Gasteiger charge is -2.71. The van der Waals surface area contributed by atoms with Crippen molar-refractivity contribution in [3.63, 3.8) is 0 Å². The highest BCUT2D eigenvalue weighted by atomic mass is 16.5. The van der Waals surface area contributed by atoms with Gasteiger partial charge in [0.15, 0.2) is 5.78 Å². The first kappa shape index (κ1) is 41.6. The lowest BCUT2D eigenvalue weighted by molar-refractivity contribution is -0.193. The molecule has 2 amide bonds. The fourth-order valence-electron chi connectivity index (χ4n) is 13.3. The highest BCUT2D eigenvalue weighted by molar-refractivity contribution is 6.06. The molecule has 0 spiro atoms. The van der Waals surface area contributed by atoms with Crippen molar-refractivity contribution in [1.82, 2.24) is 15.5 Å². The van der Waals surface area contributed by atoms with E-state index < -0.39 is 5.97 Å². The monoisotopic (exact) mass is 758 g/mol. The van der Waals surface area contributed by atoms with Crippen LogP contribution < -0.4 is 10.6 Å². The number of hydrogen-bond acceptors (Lipinski definition) is 6. The molecular formula is C47H71N3O5. The molecule has 1 aromatic rings. The van der Waals surface area contributed by atoms with Crippen molar-refractivity contribution in [1.29, 1.82) is 0 Å². The molecule has 304 valence electrons. The Morgan fingerprint density at radius 3 is 2.20 bits per heavy atom. The lowest BCUT2D eigenvalue weighted by atomic mass is 9.33. The number of ether oxygens (including phenoxy) is 1. The molecule has 8 nitrogen and oxygen atoms in total. The first-order valence-corrected chi connectivity index (χ1v) is 21.4. The number of carbonyl (C=O) groups excluding carboxylic acids is 4. The van der Waals surface area contributed by atoms with Crippen molar-refractivity contribution in [2.75, 3.05) is 40.3 Å². The van der Waals surface area contributed by atoms with Crippen LogP contribution in [0.2, 0.25) is 0 Å². The number of rotatable bonds is 11. The number of likely N-dealkylation sites (N-methyl/N-ethyl adjacent to an activating group) is 1. The van der Waals surface area contributed by atoms with Gasteiger partial charge in [-0.2, -0.15) is 0 Å². The highest BCUT2D eigenvalue weighted by Crippen LogP contribution is 2.76. The van der Waals surface area contributed by atoms with Crippen LogP contribution in [0.3, 0.4) is 0 Å². The molecule has 0 bridgehead atoms. The van der Waals surface area contributed by atoms with E-state index in [1.807, 2.05) is 6.07 Å². The van der Waals surface area contributed by atoms with Crippen molar-refractivity contribution >= 4 is 23.6 Å². The van der Waals surface area contributed by atoms with Crippen LogP contribution in [0.25, 0.3) is 0 Å². The minimum absolute atomic E-state index is 0.00124. The van der Waals surface area contributed by atoms with E-state index in [1.54, 1.807) is 23.8 Å². The summed E-state index contributed by atoms with van der Waals surface area (Å²) in [6, 6.07) is 7.01. The molecule has 5 aliphatic rings. The van der Waals surface area contributed by atoms with E-state index in [-0.39, 0.29) is 75.1 Å². The third-order valence-corrected chi connectivity index (χ3v) is 16.8. The number of Topliss-reactive ketones (excluding diaryl/α,β-unsaturated/α-hetero) is 1. The fraction of sp³-hybridized carbons (Fsp3) is 0.745. The Morgan fingerprint density at radius 2 is 1.51 bits per heavy atom. The maximum absolute atomic E-state index is 14.3. The van der Waals surface area contributed by atoms with E-state index >= 15 is 0 Å². The summed E-state index contributed by atoms with van der Waals surface area (Å²) in [6.07, 6.45) is 13.7. The summed E-state index contributed by atoms with van der Waals surface area (Å²) >= 11 is 0. The first-order valence-electron chi connectivity index (χ1n) is 21.4. The number of hydrogen-bond donors (Lipinski definition) is 2. The Hall–Kier alpha value is -3.00. The number of esters is 1. The second kappa shape index (κ2) is 15.1. The lowest BCUT2D eigenvalue weighted by Crippen LogP contribution is -2.65. The summed E-state index contributed by atoms with van der Waals surface area (Å²) in [6.45, 7) is 20.7. The number of nitrogens with one attached hydrogen (secondary N) is 2. The van der Waals surface area contributed by atoms with Gasteiger partial charge in [-0.25, -0.2) is 4.79 Å². The summed E-state index contributed by atoms with van der Waals surface area (Å²) < 4.78 is 5.44. The second-order valence-corrected chi connectivity index (χ2v) is 20.8. The molecule has 1 aromatic carbocycles. The smallest absolute Gasteiger partial charge is 0.338 e. The molecular weight excluding hydrogens is 687 g/mol. The number of amides is 2. The molecule has 0 saturated heterocycles. The Morgan fingerprint density at radius 1 is 0.818 bits per heavy atom. The fourth-order valence-corrected chi connectivity index (χ4v) is 13.3. The molecule has 0 aromatic heterocycles. The molecule has 5 aliphatic carbocycles. The zero-order chi connectivity index (χ0) is 40.2. The summed E-state index contributed by atoms with van der Waals surface area (Å²) in [5.41, 5.74) is 2.49. The summed E-state index contributed by atoms with van der Waals surface area (Å²) in [5, 5.41) is 6.05. The normalized spacial score (nSPS) is 35.9. The molecule has 8 atom stereocenters. The molecule has 0 radical (unpaired) electrons. The van der Waals surface area contributed by atoms with Crippen LogP contribution in [0.5, 0.6) is 0 Å². The molecule has 2 unspecified atom stereocenters. The predicted molar refractivity (Wildman–Crippen MR) is 218 cm³/mol. The SMILES string of the molecule is CC(=O)NCCOC(=O)c1ccccc1C(=O)C[C@H]1CC[C@@]2(C)C(CC[C@]3(C)C2CC=C2[C@@H]4CC(C)(C)CC[C@]4(C(=O)NCCN(C)C)CC[C@]23C)C1(C)C. The number of benzene rings is 1. The van der Waals surface area contributed by atoms with Crippen molar-refractivity contribution < 1.29 is 23.9 Å². The van der Waals surface area contributed by atoms with Crippen molar-refractivity contribution in [3.05, 3.63) is 47.0 Å². The Kier molecular flexibility index (Phi) is 11.4. The van der Waals surface area contributed by atoms with Gasteiger partial charge in [0.05, 0.1) is 17.5 Å². The predicted octanol–water partition coefficient (Wildman–Crippen LogP) is 8.65. The molecule has 55 heavy (non-hydrogen) atoms. The number of nitrogens with zero attached hydrogens (tertiary/aromatic N) is 1. The van der Waals surface area contributed by atoms with Crippen LogP contribution in [-0.4, -0.2) is 68.8 Å². The first-order chi connectivity index (χ1) is 25.7. The van der Waals surface area contributed by atoms with E-state index in [1.165, 1.54) is 13.3 Å². The third-order valence-electron chi connectivity index (χ3n) is 16.8. The zero-order valence-corrected chi connectivity index (χ0v) is 35.8. The van der Waals surface area contributed by atoms with E-state index in [2.05, 4.69) is 84.2 Å². The zero-order valence-electron chi connectivity index (χ0n) is 35.8.